The first-order valence-corrected chi connectivity index (χ1v) is 6.62. The van der Waals surface area contributed by atoms with Crippen LogP contribution in [-0.2, 0) is 13.0 Å². The molecule has 1 radical (unpaired) electrons. The second kappa shape index (κ2) is 6.20. The lowest BCUT2D eigenvalue weighted by atomic mass is 9.98. The van der Waals surface area contributed by atoms with Gasteiger partial charge < -0.3 is 5.32 Å². The molecule has 0 saturated heterocycles. The highest BCUT2D eigenvalue weighted by Gasteiger charge is 2.10. The van der Waals surface area contributed by atoms with E-state index in [1.807, 2.05) is 6.07 Å². The molecule has 0 saturated carbocycles. The Morgan fingerprint density at radius 1 is 1.29 bits per heavy atom. The van der Waals surface area contributed by atoms with Gasteiger partial charge in [-0.15, -0.1) is 0 Å². The van der Waals surface area contributed by atoms with E-state index in [1.165, 1.54) is 17.5 Å². The molecule has 0 unspecified atom stereocenters. The van der Waals surface area contributed by atoms with Crippen molar-refractivity contribution in [2.75, 3.05) is 0 Å². The summed E-state index contributed by atoms with van der Waals surface area (Å²) in [6.45, 7) is 12.1. The summed E-state index contributed by atoms with van der Waals surface area (Å²) in [7, 11) is 0. The van der Waals surface area contributed by atoms with E-state index in [4.69, 9.17) is 0 Å². The van der Waals surface area contributed by atoms with Crippen molar-refractivity contribution in [2.24, 2.45) is 5.92 Å². The van der Waals surface area contributed by atoms with Gasteiger partial charge in [-0.05, 0) is 56.7 Å². The standard InChI is InChI=1S/C16H26N/c1-13(2)10-11-14-8-6-7-9-15(14)12-17-16(3,4)5/h6-7,9,13,17H,10-12H2,1-5H3. The molecule has 17 heavy (non-hydrogen) atoms. The third kappa shape index (κ3) is 5.88. The molecule has 0 aromatic heterocycles. The maximum absolute atomic E-state index is 3.55. The summed E-state index contributed by atoms with van der Waals surface area (Å²) in [6, 6.07) is 9.71. The van der Waals surface area contributed by atoms with Crippen molar-refractivity contribution in [3.8, 4) is 0 Å². The van der Waals surface area contributed by atoms with Crippen LogP contribution in [0, 0.1) is 12.0 Å². The summed E-state index contributed by atoms with van der Waals surface area (Å²) in [5, 5.41) is 3.55. The van der Waals surface area contributed by atoms with Gasteiger partial charge in [0.1, 0.15) is 0 Å². The van der Waals surface area contributed by atoms with Crippen LogP contribution in [0.15, 0.2) is 18.2 Å². The molecule has 1 N–H and O–H groups in total. The van der Waals surface area contributed by atoms with E-state index in [2.05, 4.69) is 58.1 Å². The Labute approximate surface area is 107 Å². The Hall–Kier alpha value is -0.820. The van der Waals surface area contributed by atoms with Gasteiger partial charge >= 0.3 is 0 Å². The molecule has 1 aromatic rings. The zero-order valence-electron chi connectivity index (χ0n) is 11.9. The van der Waals surface area contributed by atoms with E-state index >= 15 is 0 Å². The molecule has 1 heteroatoms. The molecule has 0 aliphatic heterocycles. The van der Waals surface area contributed by atoms with Crippen LogP contribution in [-0.4, -0.2) is 5.54 Å². The van der Waals surface area contributed by atoms with Gasteiger partial charge in [0.15, 0.2) is 0 Å². The number of aryl methyl sites for hydroxylation is 1. The predicted molar refractivity (Wildman–Crippen MR) is 75.0 cm³/mol. The van der Waals surface area contributed by atoms with Crippen molar-refractivity contribution in [1.29, 1.82) is 0 Å². The van der Waals surface area contributed by atoms with E-state index in [0.29, 0.717) is 0 Å². The molecule has 1 rings (SSSR count). The first-order chi connectivity index (χ1) is 7.88. The van der Waals surface area contributed by atoms with Crippen molar-refractivity contribution >= 4 is 0 Å². The highest BCUT2D eigenvalue weighted by molar-refractivity contribution is 5.26. The summed E-state index contributed by atoms with van der Waals surface area (Å²) >= 11 is 0. The van der Waals surface area contributed by atoms with Gasteiger partial charge in [0.05, 0.1) is 0 Å². The van der Waals surface area contributed by atoms with Gasteiger partial charge in [-0.25, -0.2) is 0 Å². The fraction of sp³-hybridized carbons (Fsp3) is 0.625. The number of rotatable bonds is 5. The number of hydrogen-bond donors (Lipinski definition) is 1. The third-order valence-electron chi connectivity index (χ3n) is 2.82. The third-order valence-corrected chi connectivity index (χ3v) is 2.82. The second-order valence-corrected chi connectivity index (χ2v) is 6.21. The summed E-state index contributed by atoms with van der Waals surface area (Å²) < 4.78 is 0. The Morgan fingerprint density at radius 2 is 2.00 bits per heavy atom. The van der Waals surface area contributed by atoms with Crippen molar-refractivity contribution < 1.29 is 0 Å². The minimum absolute atomic E-state index is 0.172. The molecule has 0 amide bonds. The van der Waals surface area contributed by atoms with Crippen molar-refractivity contribution in [3.63, 3.8) is 0 Å². The van der Waals surface area contributed by atoms with Crippen LogP contribution in [0.4, 0.5) is 0 Å². The van der Waals surface area contributed by atoms with Crippen LogP contribution in [0.1, 0.15) is 52.2 Å². The van der Waals surface area contributed by atoms with Crippen LogP contribution in [0.5, 0.6) is 0 Å². The van der Waals surface area contributed by atoms with Crippen LogP contribution >= 0.6 is 0 Å². The van der Waals surface area contributed by atoms with E-state index < -0.39 is 0 Å². The molecule has 0 atom stereocenters. The maximum atomic E-state index is 3.55. The van der Waals surface area contributed by atoms with Gasteiger partial charge in [-0.1, -0.05) is 32.0 Å². The van der Waals surface area contributed by atoms with Gasteiger partial charge in [0, 0.05) is 12.1 Å². The van der Waals surface area contributed by atoms with E-state index in [1.54, 1.807) is 0 Å². The Balaban J connectivity index is 2.64. The van der Waals surface area contributed by atoms with Gasteiger partial charge in [-0.2, -0.15) is 0 Å². The summed E-state index contributed by atoms with van der Waals surface area (Å²) in [4.78, 5) is 0. The molecule has 0 spiro atoms. The smallest absolute Gasteiger partial charge is 0.0213 e. The largest absolute Gasteiger partial charge is 0.308 e. The fourth-order valence-electron chi connectivity index (χ4n) is 1.70. The van der Waals surface area contributed by atoms with Crippen LogP contribution < -0.4 is 5.32 Å². The maximum Gasteiger partial charge on any atom is 0.0213 e. The summed E-state index contributed by atoms with van der Waals surface area (Å²) in [6.07, 6.45) is 2.38. The molecule has 95 valence electrons. The van der Waals surface area contributed by atoms with Crippen LogP contribution in [0.25, 0.3) is 0 Å². The quantitative estimate of drug-likeness (QED) is 0.810. The number of hydrogen-bond acceptors (Lipinski definition) is 1. The molecule has 0 aliphatic rings. The Bertz CT molecular complexity index is 334. The molecular weight excluding hydrogens is 206 g/mol. The molecule has 0 heterocycles. The molecule has 0 bridgehead atoms. The molecule has 1 aromatic carbocycles. The zero-order valence-corrected chi connectivity index (χ0v) is 11.9. The lowest BCUT2D eigenvalue weighted by Crippen LogP contribution is -2.35. The molecule has 0 aliphatic carbocycles. The monoisotopic (exact) mass is 232 g/mol. The van der Waals surface area contributed by atoms with Gasteiger partial charge in [-0.3, -0.25) is 0 Å². The average molecular weight is 232 g/mol. The van der Waals surface area contributed by atoms with Crippen molar-refractivity contribution in [3.05, 3.63) is 35.4 Å². The normalized spacial score (nSPS) is 12.1. The highest BCUT2D eigenvalue weighted by Crippen LogP contribution is 2.14. The first kappa shape index (κ1) is 14.2. The van der Waals surface area contributed by atoms with Gasteiger partial charge in [0.25, 0.3) is 0 Å². The van der Waals surface area contributed by atoms with Gasteiger partial charge in [0.2, 0.25) is 0 Å². The van der Waals surface area contributed by atoms with Crippen LogP contribution in [0.3, 0.4) is 0 Å². The number of benzene rings is 1. The van der Waals surface area contributed by atoms with E-state index in [0.717, 1.165) is 18.9 Å². The van der Waals surface area contributed by atoms with E-state index in [-0.39, 0.29) is 5.54 Å². The lowest BCUT2D eigenvalue weighted by Gasteiger charge is -2.21. The highest BCUT2D eigenvalue weighted by atomic mass is 14.9. The SMILES string of the molecule is CC(C)CCc1[c]cccc1CNC(C)(C)C. The zero-order chi connectivity index (χ0) is 12.9. The lowest BCUT2D eigenvalue weighted by molar-refractivity contribution is 0.423. The average Bonchev–Trinajstić information content (AvgIpc) is 2.23. The van der Waals surface area contributed by atoms with E-state index in [9.17, 15) is 0 Å². The molecule has 1 nitrogen and oxygen atoms in total. The number of nitrogens with one attached hydrogen (secondary N) is 1. The topological polar surface area (TPSA) is 12.0 Å². The minimum Gasteiger partial charge on any atom is -0.308 e. The predicted octanol–water partition coefficient (Wildman–Crippen LogP) is 3.96. The Morgan fingerprint density at radius 3 is 2.59 bits per heavy atom. The first-order valence-electron chi connectivity index (χ1n) is 6.62. The fourth-order valence-corrected chi connectivity index (χ4v) is 1.70. The molecular formula is C16H26N. The Kier molecular flexibility index (Phi) is 5.20. The molecule has 0 fully saturated rings. The summed E-state index contributed by atoms with van der Waals surface area (Å²) in [5.74, 6) is 0.757. The summed E-state index contributed by atoms with van der Waals surface area (Å²) in [5.41, 5.74) is 2.94. The minimum atomic E-state index is 0.172. The van der Waals surface area contributed by atoms with Crippen molar-refractivity contribution in [2.45, 2.75) is 59.5 Å². The second-order valence-electron chi connectivity index (χ2n) is 6.21. The van der Waals surface area contributed by atoms with Crippen molar-refractivity contribution in [1.82, 2.24) is 5.32 Å². The van der Waals surface area contributed by atoms with Crippen LogP contribution in [0.2, 0.25) is 0 Å².